The van der Waals surface area contributed by atoms with Crippen molar-refractivity contribution in [1.82, 2.24) is 0 Å². The molecule has 0 unspecified atom stereocenters. The van der Waals surface area contributed by atoms with E-state index in [1.807, 2.05) is 0 Å². The van der Waals surface area contributed by atoms with E-state index in [2.05, 4.69) is 0 Å². The minimum absolute atomic E-state index is 0.0676. The van der Waals surface area contributed by atoms with Crippen LogP contribution in [0.2, 0.25) is 0 Å². The Morgan fingerprint density at radius 2 is 1.67 bits per heavy atom. The molecule has 1 fully saturated rings. The van der Waals surface area contributed by atoms with Crippen molar-refractivity contribution >= 4 is 23.5 Å². The van der Waals surface area contributed by atoms with Crippen LogP contribution >= 0.6 is 0 Å². The van der Waals surface area contributed by atoms with Crippen molar-refractivity contribution in [2.24, 2.45) is 5.41 Å². The van der Waals surface area contributed by atoms with Gasteiger partial charge in [-0.2, -0.15) is 0 Å². The Bertz CT molecular complexity index is 690. The van der Waals surface area contributed by atoms with Crippen LogP contribution in [0, 0.1) is 5.41 Å². The lowest BCUT2D eigenvalue weighted by molar-refractivity contribution is -0.173. The zero-order chi connectivity index (χ0) is 20.2. The molecule has 2 rings (SSSR count). The Morgan fingerprint density at radius 1 is 1.07 bits per heavy atom. The number of rotatable bonds is 7. The molecular formula is C20H27NO6. The molecule has 0 radical (unpaired) electrons. The highest BCUT2D eigenvalue weighted by molar-refractivity contribution is 5.99. The maximum atomic E-state index is 12.0. The van der Waals surface area contributed by atoms with Crippen molar-refractivity contribution in [3.8, 4) is 0 Å². The summed E-state index contributed by atoms with van der Waals surface area (Å²) in [6.45, 7) is 5.45. The van der Waals surface area contributed by atoms with Gasteiger partial charge in [-0.1, -0.05) is 12.1 Å². The summed E-state index contributed by atoms with van der Waals surface area (Å²) in [7, 11) is 0. The van der Waals surface area contributed by atoms with Gasteiger partial charge < -0.3 is 19.8 Å². The Kier molecular flexibility index (Phi) is 6.26. The van der Waals surface area contributed by atoms with Gasteiger partial charge >= 0.3 is 11.9 Å². The number of anilines is 1. The van der Waals surface area contributed by atoms with Crippen molar-refractivity contribution in [3.05, 3.63) is 29.8 Å². The number of aliphatic carboxylic acids is 2. The summed E-state index contributed by atoms with van der Waals surface area (Å²) in [6, 6.07) is 6.82. The third-order valence-electron chi connectivity index (χ3n) is 4.65. The topological polar surface area (TPSA) is 104 Å². The predicted octanol–water partition coefficient (Wildman–Crippen LogP) is 2.72. The molecule has 0 saturated carbocycles. The monoisotopic (exact) mass is 377 g/mol. The van der Waals surface area contributed by atoms with Crippen molar-refractivity contribution in [3.63, 3.8) is 0 Å². The van der Waals surface area contributed by atoms with Crippen LogP contribution in [0.5, 0.6) is 0 Å². The van der Waals surface area contributed by atoms with Crippen LogP contribution in [-0.4, -0.2) is 46.8 Å². The number of carbonyl (C=O) groups excluding carboxylic acids is 1. The number of carbonyl (C=O) groups is 3. The lowest BCUT2D eigenvalue weighted by atomic mass is 9.82. The molecule has 1 aromatic rings. The normalized spacial score (nSPS) is 15.7. The van der Waals surface area contributed by atoms with Gasteiger partial charge in [0.1, 0.15) is 0 Å². The average Bonchev–Trinajstić information content (AvgIpc) is 2.58. The van der Waals surface area contributed by atoms with Gasteiger partial charge in [0.2, 0.25) is 5.91 Å². The van der Waals surface area contributed by atoms with Crippen LogP contribution < -0.4 is 4.90 Å². The highest BCUT2D eigenvalue weighted by atomic mass is 16.5. The third-order valence-corrected chi connectivity index (χ3v) is 4.65. The second-order valence-corrected chi connectivity index (χ2v) is 7.94. The van der Waals surface area contributed by atoms with E-state index in [4.69, 9.17) is 4.74 Å². The number of benzene rings is 1. The molecule has 27 heavy (non-hydrogen) atoms. The summed E-state index contributed by atoms with van der Waals surface area (Å²) in [5, 5.41) is 19.3. The molecule has 1 aliphatic heterocycles. The molecule has 0 spiro atoms. The van der Waals surface area contributed by atoms with Crippen molar-refractivity contribution < 1.29 is 29.3 Å². The standard InChI is InChI=1S/C20H27NO6/c1-19(2,3)27-13-20(17(23)24,18(25)26)12-14-7-9-15(10-8-14)21-11-5-4-6-16(21)22/h7-10H,4-6,11-13H2,1-3H3,(H,23,24)(H,25,26). The molecule has 148 valence electrons. The first-order valence-corrected chi connectivity index (χ1v) is 9.05. The molecular weight excluding hydrogens is 350 g/mol. The average molecular weight is 377 g/mol. The van der Waals surface area contributed by atoms with Gasteiger partial charge in [-0.05, 0) is 51.3 Å². The first-order valence-electron chi connectivity index (χ1n) is 9.05. The molecule has 0 bridgehead atoms. The van der Waals surface area contributed by atoms with Crippen molar-refractivity contribution in [2.45, 2.75) is 52.1 Å². The molecule has 1 aromatic carbocycles. The van der Waals surface area contributed by atoms with Gasteiger partial charge in [-0.3, -0.25) is 14.4 Å². The fourth-order valence-corrected chi connectivity index (χ4v) is 2.98. The number of amides is 1. The predicted molar refractivity (Wildman–Crippen MR) is 99.8 cm³/mol. The molecule has 1 aliphatic rings. The van der Waals surface area contributed by atoms with Gasteiger partial charge in [0.25, 0.3) is 0 Å². The lowest BCUT2D eigenvalue weighted by Gasteiger charge is -2.30. The first-order chi connectivity index (χ1) is 12.5. The fourth-order valence-electron chi connectivity index (χ4n) is 2.98. The second-order valence-electron chi connectivity index (χ2n) is 7.94. The Hall–Kier alpha value is -2.41. The molecule has 1 heterocycles. The van der Waals surface area contributed by atoms with Gasteiger partial charge in [0.15, 0.2) is 5.41 Å². The molecule has 7 nitrogen and oxygen atoms in total. The number of carboxylic acids is 2. The van der Waals surface area contributed by atoms with Gasteiger partial charge in [-0.15, -0.1) is 0 Å². The number of nitrogens with zero attached hydrogens (tertiary/aromatic N) is 1. The van der Waals surface area contributed by atoms with Crippen LogP contribution in [0.1, 0.15) is 45.6 Å². The Morgan fingerprint density at radius 3 is 2.15 bits per heavy atom. The fraction of sp³-hybridized carbons (Fsp3) is 0.550. The SMILES string of the molecule is CC(C)(C)OCC(Cc1ccc(N2CCCCC2=O)cc1)(C(=O)O)C(=O)O. The van der Waals surface area contributed by atoms with Crippen LogP contribution in [0.3, 0.4) is 0 Å². The number of piperidine rings is 1. The van der Waals surface area contributed by atoms with E-state index in [1.54, 1.807) is 49.9 Å². The van der Waals surface area contributed by atoms with Gasteiger partial charge in [0.05, 0.1) is 12.2 Å². The molecule has 2 N–H and O–H groups in total. The van der Waals surface area contributed by atoms with E-state index in [0.29, 0.717) is 18.5 Å². The second kappa shape index (κ2) is 8.08. The lowest BCUT2D eigenvalue weighted by Crippen LogP contribution is -2.47. The quantitative estimate of drug-likeness (QED) is 0.708. The summed E-state index contributed by atoms with van der Waals surface area (Å²) in [5.74, 6) is -2.80. The summed E-state index contributed by atoms with van der Waals surface area (Å²) in [6.07, 6.45) is 2.15. The molecule has 0 aromatic heterocycles. The van der Waals surface area contributed by atoms with E-state index >= 15 is 0 Å². The van der Waals surface area contributed by atoms with Gasteiger partial charge in [0, 0.05) is 25.1 Å². The molecule has 0 aliphatic carbocycles. The maximum Gasteiger partial charge on any atom is 0.323 e. The minimum atomic E-state index is -2.07. The maximum absolute atomic E-state index is 12.0. The molecule has 7 heteroatoms. The highest BCUT2D eigenvalue weighted by Crippen LogP contribution is 2.29. The van der Waals surface area contributed by atoms with Crippen LogP contribution in [-0.2, 0) is 25.5 Å². The van der Waals surface area contributed by atoms with Crippen LogP contribution in [0.4, 0.5) is 5.69 Å². The Balaban J connectivity index is 2.22. The number of hydrogen-bond acceptors (Lipinski definition) is 4. The van der Waals surface area contributed by atoms with E-state index < -0.39 is 29.6 Å². The van der Waals surface area contributed by atoms with Crippen molar-refractivity contribution in [1.29, 1.82) is 0 Å². The summed E-state index contributed by atoms with van der Waals surface area (Å²) < 4.78 is 5.51. The largest absolute Gasteiger partial charge is 0.480 e. The van der Waals surface area contributed by atoms with E-state index in [0.717, 1.165) is 18.5 Å². The van der Waals surface area contributed by atoms with Gasteiger partial charge in [-0.25, -0.2) is 0 Å². The number of ether oxygens (including phenoxy) is 1. The first kappa shape index (κ1) is 20.9. The number of carboxylic acid groups (broad SMARTS) is 2. The van der Waals surface area contributed by atoms with E-state index in [9.17, 15) is 24.6 Å². The Labute approximate surface area is 158 Å². The zero-order valence-electron chi connectivity index (χ0n) is 16.0. The van der Waals surface area contributed by atoms with Crippen LogP contribution in [0.25, 0.3) is 0 Å². The minimum Gasteiger partial charge on any atom is -0.480 e. The molecule has 0 atom stereocenters. The van der Waals surface area contributed by atoms with E-state index in [1.165, 1.54) is 0 Å². The van der Waals surface area contributed by atoms with E-state index in [-0.39, 0.29) is 12.3 Å². The van der Waals surface area contributed by atoms with Crippen LogP contribution in [0.15, 0.2) is 24.3 Å². The number of hydrogen-bond donors (Lipinski definition) is 2. The third kappa shape index (κ3) is 5.07. The summed E-state index contributed by atoms with van der Waals surface area (Å²) >= 11 is 0. The van der Waals surface area contributed by atoms with Crippen molar-refractivity contribution in [2.75, 3.05) is 18.1 Å². The summed E-state index contributed by atoms with van der Waals surface area (Å²) in [5.41, 5.74) is -1.43. The highest BCUT2D eigenvalue weighted by Gasteiger charge is 2.48. The molecule has 1 amide bonds. The smallest absolute Gasteiger partial charge is 0.323 e. The molecule has 1 saturated heterocycles. The zero-order valence-corrected chi connectivity index (χ0v) is 16.0. The summed E-state index contributed by atoms with van der Waals surface area (Å²) in [4.78, 5) is 37.4.